The topological polar surface area (TPSA) is 145 Å². The highest BCUT2D eigenvalue weighted by atomic mass is 32.2. The number of aromatic nitrogens is 2. The molecule has 2 N–H and O–H groups in total. The molecule has 0 amide bonds. The van der Waals surface area contributed by atoms with Crippen LogP contribution in [0.25, 0.3) is 0 Å². The molecule has 0 spiro atoms. The molecule has 0 saturated heterocycles. The number of nitriles is 1. The van der Waals surface area contributed by atoms with Crippen LogP contribution >= 0.6 is 11.8 Å². The summed E-state index contributed by atoms with van der Waals surface area (Å²) in [5.41, 5.74) is 0.855. The second-order valence-electron chi connectivity index (χ2n) is 6.90. The summed E-state index contributed by atoms with van der Waals surface area (Å²) in [7, 11) is -1.54. The fourth-order valence-electron chi connectivity index (χ4n) is 2.79. The molecule has 31 heavy (non-hydrogen) atoms. The lowest BCUT2D eigenvalue weighted by Gasteiger charge is -2.25. The zero-order chi connectivity index (χ0) is 23.2. The van der Waals surface area contributed by atoms with E-state index < -0.39 is 34.0 Å². The Bertz CT molecular complexity index is 1130. The van der Waals surface area contributed by atoms with Crippen molar-refractivity contribution >= 4 is 27.9 Å². The Kier molecular flexibility index (Phi) is 8.35. The summed E-state index contributed by atoms with van der Waals surface area (Å²) in [6.45, 7) is 1.41. The molecule has 0 aliphatic rings. The van der Waals surface area contributed by atoms with Gasteiger partial charge in [0, 0.05) is 37.6 Å². The van der Waals surface area contributed by atoms with Gasteiger partial charge in [0.1, 0.15) is 16.5 Å². The first kappa shape index (κ1) is 24.5. The maximum absolute atomic E-state index is 12.6. The molecule has 0 bridgehead atoms. The van der Waals surface area contributed by atoms with Crippen LogP contribution in [-0.2, 0) is 27.8 Å². The van der Waals surface area contributed by atoms with Crippen molar-refractivity contribution < 1.29 is 18.3 Å². The highest BCUT2D eigenvalue weighted by Gasteiger charge is 2.32. The van der Waals surface area contributed by atoms with Gasteiger partial charge >= 0.3 is 11.7 Å². The number of nitrogens with one attached hydrogen (secondary N) is 1. The van der Waals surface area contributed by atoms with Gasteiger partial charge in [-0.2, -0.15) is 27.7 Å². The van der Waals surface area contributed by atoms with Crippen LogP contribution in [0.3, 0.4) is 0 Å². The number of hydrogen-bond acceptors (Lipinski definition) is 7. The van der Waals surface area contributed by atoms with Crippen LogP contribution in [-0.4, -0.2) is 53.5 Å². The first-order valence-electron chi connectivity index (χ1n) is 9.21. The van der Waals surface area contributed by atoms with E-state index in [1.165, 1.54) is 27.2 Å². The average molecular weight is 466 g/mol. The number of aliphatic carboxylic acids is 1. The minimum Gasteiger partial charge on any atom is -0.480 e. The second-order valence-corrected chi connectivity index (χ2v) is 9.59. The van der Waals surface area contributed by atoms with Gasteiger partial charge in [-0.1, -0.05) is 30.3 Å². The van der Waals surface area contributed by atoms with Gasteiger partial charge in [0.15, 0.2) is 0 Å². The molecule has 166 valence electrons. The molecule has 10 nitrogen and oxygen atoms in total. The van der Waals surface area contributed by atoms with Gasteiger partial charge in [0.25, 0.3) is 10.2 Å². The summed E-state index contributed by atoms with van der Waals surface area (Å²) in [4.78, 5) is 28.3. The SMILES string of the molecule is CC([C@H](NS(=O)(=O)N(C)C)C(=O)O)n1cc(CCc2ccccc2)c(SC#N)nc1=O. The molecule has 0 radical (unpaired) electrons. The van der Waals surface area contributed by atoms with Crippen LogP contribution in [0.4, 0.5) is 0 Å². The predicted molar refractivity (Wildman–Crippen MR) is 116 cm³/mol. The maximum atomic E-state index is 12.6. The van der Waals surface area contributed by atoms with Gasteiger partial charge in [-0.25, -0.2) is 4.79 Å². The van der Waals surface area contributed by atoms with Crippen LogP contribution in [0, 0.1) is 10.7 Å². The quantitative estimate of drug-likeness (QED) is 0.300. The fraction of sp³-hybridized carbons (Fsp3) is 0.368. The zero-order valence-electron chi connectivity index (χ0n) is 17.2. The first-order valence-corrected chi connectivity index (χ1v) is 11.5. The lowest BCUT2D eigenvalue weighted by Crippen LogP contribution is -2.51. The number of carboxylic acid groups (broad SMARTS) is 1. The molecular formula is C19H23N5O5S2. The van der Waals surface area contributed by atoms with Crippen LogP contribution in [0.2, 0.25) is 0 Å². The van der Waals surface area contributed by atoms with Gasteiger partial charge in [0.05, 0.1) is 6.04 Å². The Hall–Kier alpha value is -2.72. The molecule has 1 aromatic heterocycles. The normalized spacial score (nSPS) is 13.5. The van der Waals surface area contributed by atoms with Crippen molar-refractivity contribution in [3.8, 4) is 5.40 Å². The number of aryl methyl sites for hydroxylation is 2. The highest BCUT2D eigenvalue weighted by molar-refractivity contribution is 8.03. The number of carboxylic acids is 1. The number of rotatable bonds is 10. The van der Waals surface area contributed by atoms with Crippen LogP contribution in [0.1, 0.15) is 24.1 Å². The maximum Gasteiger partial charge on any atom is 0.348 e. The third-order valence-corrected chi connectivity index (χ3v) is 6.75. The number of thiocyanates is 1. The van der Waals surface area contributed by atoms with E-state index >= 15 is 0 Å². The third-order valence-electron chi connectivity index (χ3n) is 4.60. The highest BCUT2D eigenvalue weighted by Crippen LogP contribution is 2.21. The molecule has 1 aromatic carbocycles. The minimum atomic E-state index is -4.06. The van der Waals surface area contributed by atoms with E-state index in [9.17, 15) is 23.1 Å². The Labute approximate surface area is 184 Å². The molecule has 1 unspecified atom stereocenters. The number of benzene rings is 1. The van der Waals surface area contributed by atoms with Gasteiger partial charge in [-0.3, -0.25) is 9.36 Å². The van der Waals surface area contributed by atoms with E-state index in [0.29, 0.717) is 18.4 Å². The largest absolute Gasteiger partial charge is 0.480 e. The van der Waals surface area contributed by atoms with Crippen molar-refractivity contribution in [2.24, 2.45) is 0 Å². The monoisotopic (exact) mass is 465 g/mol. The molecule has 0 aliphatic carbocycles. The third kappa shape index (κ3) is 6.38. The Morgan fingerprint density at radius 3 is 2.52 bits per heavy atom. The van der Waals surface area contributed by atoms with E-state index in [1.54, 1.807) is 0 Å². The summed E-state index contributed by atoms with van der Waals surface area (Å²) in [6.07, 6.45) is 2.52. The molecule has 2 rings (SSSR count). The van der Waals surface area contributed by atoms with Crippen LogP contribution < -0.4 is 10.4 Å². The summed E-state index contributed by atoms with van der Waals surface area (Å²) in [5.74, 6) is -1.44. The molecular weight excluding hydrogens is 442 g/mol. The number of carbonyl (C=O) groups is 1. The number of thioether (sulfide) groups is 1. The summed E-state index contributed by atoms with van der Waals surface area (Å²) >= 11 is 0.747. The number of nitrogens with zero attached hydrogens (tertiary/aromatic N) is 4. The van der Waals surface area contributed by atoms with E-state index in [1.807, 2.05) is 35.7 Å². The second kappa shape index (κ2) is 10.5. The molecule has 1 heterocycles. The predicted octanol–water partition coefficient (Wildman–Crippen LogP) is 1.01. The molecule has 0 saturated carbocycles. The van der Waals surface area contributed by atoms with Crippen molar-refractivity contribution in [3.63, 3.8) is 0 Å². The van der Waals surface area contributed by atoms with Gasteiger partial charge in [0.2, 0.25) is 0 Å². The summed E-state index contributed by atoms with van der Waals surface area (Å²) in [6, 6.07) is 6.89. The fourth-order valence-corrected chi connectivity index (χ4v) is 4.12. The molecule has 0 fully saturated rings. The molecule has 2 aromatic rings. The van der Waals surface area contributed by atoms with Crippen molar-refractivity contribution in [3.05, 3.63) is 58.1 Å². The van der Waals surface area contributed by atoms with Crippen LogP contribution in [0.15, 0.2) is 46.3 Å². The summed E-state index contributed by atoms with van der Waals surface area (Å²) in [5, 5.41) is 20.8. The smallest absolute Gasteiger partial charge is 0.348 e. The van der Waals surface area contributed by atoms with Crippen molar-refractivity contribution in [2.75, 3.05) is 14.1 Å². The standard InChI is InChI=1S/C19H23N5O5S2/c1-13(16(18(25)26)22-31(28,29)23(2)3)24-11-15(17(30-12-20)21-19(24)27)10-9-14-7-5-4-6-8-14/h4-8,11,13,16,22H,9-10H2,1-3H3,(H,25,26)/t13?,16-/m0/s1. The minimum absolute atomic E-state index is 0.243. The van der Waals surface area contributed by atoms with E-state index in [2.05, 4.69) is 9.71 Å². The summed E-state index contributed by atoms with van der Waals surface area (Å²) < 4.78 is 28.3. The van der Waals surface area contributed by atoms with Crippen LogP contribution in [0.5, 0.6) is 0 Å². The average Bonchev–Trinajstić information content (AvgIpc) is 2.71. The van der Waals surface area contributed by atoms with Gasteiger partial charge in [-0.15, -0.1) is 0 Å². The zero-order valence-corrected chi connectivity index (χ0v) is 18.9. The number of hydrogen-bond donors (Lipinski definition) is 2. The Morgan fingerprint density at radius 2 is 1.97 bits per heavy atom. The lowest BCUT2D eigenvalue weighted by atomic mass is 10.1. The van der Waals surface area contributed by atoms with E-state index in [-0.39, 0.29) is 5.03 Å². The molecule has 2 atom stereocenters. The van der Waals surface area contributed by atoms with Gasteiger partial charge < -0.3 is 5.11 Å². The van der Waals surface area contributed by atoms with Crippen molar-refractivity contribution in [2.45, 2.75) is 36.9 Å². The van der Waals surface area contributed by atoms with Crippen molar-refractivity contribution in [1.29, 1.82) is 5.26 Å². The van der Waals surface area contributed by atoms with Gasteiger partial charge in [-0.05, 0) is 25.3 Å². The van der Waals surface area contributed by atoms with Crippen molar-refractivity contribution in [1.82, 2.24) is 18.6 Å². The molecule has 0 aliphatic heterocycles. The van der Waals surface area contributed by atoms with E-state index in [4.69, 9.17) is 5.26 Å². The lowest BCUT2D eigenvalue weighted by molar-refractivity contribution is -0.140. The molecule has 12 heteroatoms. The first-order chi connectivity index (χ1) is 14.6. The Morgan fingerprint density at radius 1 is 1.32 bits per heavy atom. The Balaban J connectivity index is 2.42. The van der Waals surface area contributed by atoms with E-state index in [0.717, 1.165) is 26.2 Å².